The molecule has 2 N–H and O–H groups in total. The zero-order valence-electron chi connectivity index (χ0n) is 12.0. The predicted octanol–water partition coefficient (Wildman–Crippen LogP) is 2.75. The van der Waals surface area contributed by atoms with E-state index in [2.05, 4.69) is 30.8 Å². The Bertz CT molecular complexity index is 1010. The minimum absolute atomic E-state index is 0.0528. The third kappa shape index (κ3) is 2.99. The number of hydrogen-bond acceptors (Lipinski definition) is 4. The minimum atomic E-state index is -3.98. The topological polar surface area (TPSA) is 91.9 Å². The van der Waals surface area contributed by atoms with Crippen molar-refractivity contribution in [2.75, 3.05) is 0 Å². The van der Waals surface area contributed by atoms with E-state index >= 15 is 0 Å². The van der Waals surface area contributed by atoms with Gasteiger partial charge in [0.25, 0.3) is 15.9 Å². The molecule has 118 valence electrons. The average Bonchev–Trinajstić information content (AvgIpc) is 2.97. The van der Waals surface area contributed by atoms with Crippen LogP contribution in [0.4, 0.5) is 0 Å². The second-order valence-electron chi connectivity index (χ2n) is 4.98. The quantitative estimate of drug-likeness (QED) is 0.715. The standard InChI is InChI=1S/C15H12BrN3O3S/c1-9-5-6-11(16)7-13(9)23(21,22)19-15(20)12-4-2-3-10-8-17-18-14(10)12/h2-8H,1H3,(H,17,18)(H,19,20). The predicted molar refractivity (Wildman–Crippen MR) is 89.6 cm³/mol. The number of para-hydroxylation sites is 1. The van der Waals surface area contributed by atoms with Crippen molar-refractivity contribution in [3.05, 3.63) is 58.2 Å². The largest absolute Gasteiger partial charge is 0.277 e. The van der Waals surface area contributed by atoms with Gasteiger partial charge < -0.3 is 0 Å². The van der Waals surface area contributed by atoms with E-state index in [1.807, 2.05) is 0 Å². The van der Waals surface area contributed by atoms with Crippen molar-refractivity contribution in [1.29, 1.82) is 0 Å². The van der Waals surface area contributed by atoms with Gasteiger partial charge in [-0.15, -0.1) is 0 Å². The lowest BCUT2D eigenvalue weighted by atomic mass is 10.1. The Morgan fingerprint density at radius 1 is 1.26 bits per heavy atom. The summed E-state index contributed by atoms with van der Waals surface area (Å²) in [6, 6.07) is 9.85. The highest BCUT2D eigenvalue weighted by Gasteiger charge is 2.22. The first-order valence-electron chi connectivity index (χ1n) is 6.64. The molecule has 0 unspecified atom stereocenters. The number of H-pyrrole nitrogens is 1. The van der Waals surface area contributed by atoms with Crippen molar-refractivity contribution < 1.29 is 13.2 Å². The van der Waals surface area contributed by atoms with Crippen LogP contribution in [0.25, 0.3) is 10.9 Å². The van der Waals surface area contributed by atoms with Gasteiger partial charge in [-0.2, -0.15) is 5.10 Å². The van der Waals surface area contributed by atoms with E-state index < -0.39 is 15.9 Å². The molecule has 3 aromatic rings. The molecule has 0 radical (unpaired) electrons. The SMILES string of the molecule is Cc1ccc(Br)cc1S(=O)(=O)NC(=O)c1cccc2cn[nH]c12. The first-order valence-corrected chi connectivity index (χ1v) is 8.91. The second-order valence-corrected chi connectivity index (χ2v) is 7.55. The minimum Gasteiger partial charge on any atom is -0.277 e. The summed E-state index contributed by atoms with van der Waals surface area (Å²) in [6.45, 7) is 1.67. The van der Waals surface area contributed by atoms with Gasteiger partial charge >= 0.3 is 0 Å². The summed E-state index contributed by atoms with van der Waals surface area (Å²) >= 11 is 3.24. The summed E-state index contributed by atoms with van der Waals surface area (Å²) in [5, 5.41) is 7.30. The van der Waals surface area contributed by atoms with Crippen molar-refractivity contribution in [3.63, 3.8) is 0 Å². The molecule has 8 heteroatoms. The van der Waals surface area contributed by atoms with Crippen molar-refractivity contribution in [1.82, 2.24) is 14.9 Å². The maximum Gasteiger partial charge on any atom is 0.267 e. The lowest BCUT2D eigenvalue weighted by Crippen LogP contribution is -2.31. The van der Waals surface area contributed by atoms with Gasteiger partial charge in [0.05, 0.1) is 22.2 Å². The van der Waals surface area contributed by atoms with Crippen LogP contribution < -0.4 is 4.72 Å². The number of aryl methyl sites for hydroxylation is 1. The molecule has 0 atom stereocenters. The highest BCUT2D eigenvalue weighted by atomic mass is 79.9. The fourth-order valence-corrected chi connectivity index (χ4v) is 4.00. The molecule has 23 heavy (non-hydrogen) atoms. The number of carbonyl (C=O) groups excluding carboxylic acids is 1. The van der Waals surface area contributed by atoms with Crippen molar-refractivity contribution in [2.24, 2.45) is 0 Å². The number of sulfonamides is 1. The van der Waals surface area contributed by atoms with E-state index in [0.29, 0.717) is 15.6 Å². The molecule has 0 aliphatic rings. The molecular weight excluding hydrogens is 382 g/mol. The number of nitrogens with zero attached hydrogens (tertiary/aromatic N) is 1. The van der Waals surface area contributed by atoms with Crippen LogP contribution in [0.3, 0.4) is 0 Å². The molecular formula is C15H12BrN3O3S. The zero-order valence-corrected chi connectivity index (χ0v) is 14.4. The summed E-state index contributed by atoms with van der Waals surface area (Å²) in [5.74, 6) is -0.709. The second kappa shape index (κ2) is 5.78. The molecule has 0 fully saturated rings. The number of amides is 1. The van der Waals surface area contributed by atoms with Gasteiger partial charge in [-0.3, -0.25) is 9.89 Å². The van der Waals surface area contributed by atoms with Gasteiger partial charge in [0, 0.05) is 9.86 Å². The molecule has 6 nitrogen and oxygen atoms in total. The van der Waals surface area contributed by atoms with E-state index in [1.165, 1.54) is 6.07 Å². The Kier molecular flexibility index (Phi) is 3.95. The fraction of sp³-hybridized carbons (Fsp3) is 0.0667. The first kappa shape index (κ1) is 15.7. The lowest BCUT2D eigenvalue weighted by Gasteiger charge is -2.10. The van der Waals surface area contributed by atoms with Gasteiger partial charge in [0.15, 0.2) is 0 Å². The van der Waals surface area contributed by atoms with Crippen molar-refractivity contribution in [2.45, 2.75) is 11.8 Å². The molecule has 3 rings (SSSR count). The molecule has 2 aromatic carbocycles. The number of aromatic nitrogens is 2. The number of rotatable bonds is 3. The van der Waals surface area contributed by atoms with Crippen LogP contribution in [0.5, 0.6) is 0 Å². The Morgan fingerprint density at radius 2 is 2.04 bits per heavy atom. The number of carbonyl (C=O) groups is 1. The van der Waals surface area contributed by atoms with Gasteiger partial charge in [-0.05, 0) is 30.7 Å². The number of hydrogen-bond donors (Lipinski definition) is 2. The van der Waals surface area contributed by atoms with Crippen molar-refractivity contribution >= 4 is 42.8 Å². The summed E-state index contributed by atoms with van der Waals surface area (Å²) in [7, 11) is -3.98. The summed E-state index contributed by atoms with van der Waals surface area (Å²) in [5.41, 5.74) is 1.26. The number of halogens is 1. The van der Waals surface area contributed by atoms with Crippen LogP contribution >= 0.6 is 15.9 Å². The van der Waals surface area contributed by atoms with E-state index in [-0.39, 0.29) is 10.5 Å². The molecule has 0 aliphatic carbocycles. The Labute approximate surface area is 141 Å². The van der Waals surface area contributed by atoms with E-state index in [9.17, 15) is 13.2 Å². The molecule has 0 saturated carbocycles. The summed E-state index contributed by atoms with van der Waals surface area (Å²) in [6.07, 6.45) is 1.57. The maximum absolute atomic E-state index is 12.5. The highest BCUT2D eigenvalue weighted by molar-refractivity contribution is 9.10. The Hall–Kier alpha value is -2.19. The maximum atomic E-state index is 12.5. The van der Waals surface area contributed by atoms with E-state index in [4.69, 9.17) is 0 Å². The third-order valence-electron chi connectivity index (χ3n) is 3.39. The zero-order chi connectivity index (χ0) is 16.6. The first-order chi connectivity index (χ1) is 10.9. The molecule has 1 aromatic heterocycles. The van der Waals surface area contributed by atoms with Crippen LogP contribution in [-0.2, 0) is 10.0 Å². The molecule has 1 heterocycles. The van der Waals surface area contributed by atoms with Crippen LogP contribution in [0.2, 0.25) is 0 Å². The van der Waals surface area contributed by atoms with Crippen LogP contribution in [0.1, 0.15) is 15.9 Å². The number of nitrogens with one attached hydrogen (secondary N) is 2. The fourth-order valence-electron chi connectivity index (χ4n) is 2.25. The van der Waals surface area contributed by atoms with Gasteiger partial charge in [-0.25, -0.2) is 13.1 Å². The lowest BCUT2D eigenvalue weighted by molar-refractivity contribution is 0.0983. The summed E-state index contributed by atoms with van der Waals surface area (Å²) < 4.78 is 27.7. The number of benzene rings is 2. The van der Waals surface area contributed by atoms with Gasteiger partial charge in [0.2, 0.25) is 0 Å². The van der Waals surface area contributed by atoms with E-state index in [1.54, 1.807) is 43.5 Å². The molecule has 0 spiro atoms. The molecule has 0 aliphatic heterocycles. The monoisotopic (exact) mass is 393 g/mol. The van der Waals surface area contributed by atoms with E-state index in [0.717, 1.165) is 5.39 Å². The number of fused-ring (bicyclic) bond motifs is 1. The van der Waals surface area contributed by atoms with Crippen LogP contribution in [0, 0.1) is 6.92 Å². The third-order valence-corrected chi connectivity index (χ3v) is 5.35. The van der Waals surface area contributed by atoms with Gasteiger partial charge in [0.1, 0.15) is 0 Å². The Morgan fingerprint density at radius 3 is 2.83 bits per heavy atom. The number of aromatic amines is 1. The van der Waals surface area contributed by atoms with Crippen molar-refractivity contribution in [3.8, 4) is 0 Å². The van der Waals surface area contributed by atoms with Gasteiger partial charge in [-0.1, -0.05) is 34.1 Å². The van der Waals surface area contributed by atoms with Crippen LogP contribution in [0.15, 0.2) is 52.0 Å². The molecule has 1 amide bonds. The highest BCUT2D eigenvalue weighted by Crippen LogP contribution is 2.21. The smallest absolute Gasteiger partial charge is 0.267 e. The Balaban J connectivity index is 1.99. The summed E-state index contributed by atoms with van der Waals surface area (Å²) in [4.78, 5) is 12.4. The average molecular weight is 394 g/mol. The normalized spacial score (nSPS) is 11.6. The van der Waals surface area contributed by atoms with Crippen LogP contribution in [-0.4, -0.2) is 24.5 Å². The molecule has 0 saturated heterocycles. The molecule has 0 bridgehead atoms.